The Balaban J connectivity index is 1.28. The van der Waals surface area contributed by atoms with E-state index in [2.05, 4.69) is 82.3 Å². The van der Waals surface area contributed by atoms with Gasteiger partial charge in [-0.25, -0.2) is 0 Å². The van der Waals surface area contributed by atoms with Crippen molar-refractivity contribution in [3.8, 4) is 0 Å². The molecule has 1 aliphatic heterocycles. The molecule has 3 atom stereocenters. The van der Waals surface area contributed by atoms with Gasteiger partial charge in [-0.05, 0) is 48.6 Å². The second-order valence-corrected chi connectivity index (χ2v) is 7.60. The van der Waals surface area contributed by atoms with Crippen molar-refractivity contribution in [1.29, 1.82) is 0 Å². The van der Waals surface area contributed by atoms with Crippen LogP contribution >= 0.6 is 0 Å². The monoisotopic (exact) mass is 387 g/mol. The van der Waals surface area contributed by atoms with Crippen LogP contribution in [0.2, 0.25) is 0 Å². The van der Waals surface area contributed by atoms with Crippen LogP contribution in [0.5, 0.6) is 0 Å². The topological polar surface area (TPSA) is 49.5 Å². The summed E-state index contributed by atoms with van der Waals surface area (Å²) in [6, 6.07) is 25.7. The Kier molecular flexibility index (Phi) is 7.03. The van der Waals surface area contributed by atoms with E-state index in [4.69, 9.17) is 4.74 Å². The first-order chi connectivity index (χ1) is 14.4. The van der Waals surface area contributed by atoms with Gasteiger partial charge in [0.25, 0.3) is 0 Å². The van der Waals surface area contributed by atoms with Crippen molar-refractivity contribution in [1.82, 2.24) is 15.6 Å². The van der Waals surface area contributed by atoms with Gasteiger partial charge in [-0.15, -0.1) is 0 Å². The highest BCUT2D eigenvalue weighted by Crippen LogP contribution is 2.26. The summed E-state index contributed by atoms with van der Waals surface area (Å²) in [6.45, 7) is 1.77. The Morgan fingerprint density at radius 2 is 1.59 bits per heavy atom. The third-order valence-electron chi connectivity index (χ3n) is 5.34. The Bertz CT molecular complexity index is 842. The van der Waals surface area contributed by atoms with E-state index < -0.39 is 0 Å². The summed E-state index contributed by atoms with van der Waals surface area (Å²) >= 11 is 0. The number of pyridine rings is 1. The molecule has 150 valence electrons. The van der Waals surface area contributed by atoms with Crippen molar-refractivity contribution >= 4 is 0 Å². The van der Waals surface area contributed by atoms with E-state index in [9.17, 15) is 0 Å². The average molecular weight is 388 g/mol. The van der Waals surface area contributed by atoms with Crippen LogP contribution in [0.15, 0.2) is 85.2 Å². The van der Waals surface area contributed by atoms with Gasteiger partial charge in [-0.3, -0.25) is 10.3 Å². The molecule has 1 saturated heterocycles. The van der Waals surface area contributed by atoms with Crippen LogP contribution in [0.4, 0.5) is 0 Å². The number of nitrogens with one attached hydrogen (secondary N) is 2. The van der Waals surface area contributed by atoms with E-state index in [1.54, 1.807) is 6.20 Å². The summed E-state index contributed by atoms with van der Waals surface area (Å²) in [4.78, 5) is 4.17. The minimum absolute atomic E-state index is 0.102. The fourth-order valence-corrected chi connectivity index (χ4v) is 3.71. The molecular weight excluding hydrogens is 358 g/mol. The number of aryl methyl sites for hydroxylation is 1. The summed E-state index contributed by atoms with van der Waals surface area (Å²) < 4.78 is 5.99. The first kappa shape index (κ1) is 19.8. The molecule has 1 fully saturated rings. The fraction of sp³-hybridized carbons (Fsp3) is 0.320. The number of ether oxygens (including phenoxy) is 1. The average Bonchev–Trinajstić information content (AvgIpc) is 3.56. The summed E-state index contributed by atoms with van der Waals surface area (Å²) in [5, 5.41) is 7.25. The van der Waals surface area contributed by atoms with Crippen LogP contribution in [-0.2, 0) is 24.1 Å². The number of rotatable bonds is 11. The number of benzene rings is 2. The highest BCUT2D eigenvalue weighted by atomic mass is 16.6. The largest absolute Gasteiger partial charge is 0.352 e. The normalized spacial score (nSPS) is 19.0. The molecule has 4 heteroatoms. The van der Waals surface area contributed by atoms with Crippen LogP contribution in [0.25, 0.3) is 0 Å². The van der Waals surface area contributed by atoms with Crippen molar-refractivity contribution in [2.75, 3.05) is 6.54 Å². The zero-order chi connectivity index (χ0) is 19.7. The van der Waals surface area contributed by atoms with Gasteiger partial charge >= 0.3 is 0 Å². The molecule has 2 unspecified atom stereocenters. The maximum Gasteiger partial charge on any atom is 0.137 e. The van der Waals surface area contributed by atoms with Gasteiger partial charge in [0.2, 0.25) is 0 Å². The third-order valence-corrected chi connectivity index (χ3v) is 5.34. The van der Waals surface area contributed by atoms with Crippen molar-refractivity contribution < 1.29 is 4.74 Å². The van der Waals surface area contributed by atoms with Gasteiger partial charge in [0.05, 0.1) is 0 Å². The van der Waals surface area contributed by atoms with Crippen LogP contribution in [-0.4, -0.2) is 29.9 Å². The highest BCUT2D eigenvalue weighted by Gasteiger charge is 2.44. The van der Waals surface area contributed by atoms with E-state index in [1.165, 1.54) is 16.7 Å². The zero-order valence-corrected chi connectivity index (χ0v) is 16.7. The standard InChI is InChI=1S/C25H29N3O/c1-3-9-20(10-4-1)13-8-16-27-23(17-21-11-5-2-6-12-21)24-25(29-24)28-19-22-14-7-15-26-18-22/h1-7,9-12,14-15,18,23-25,27-28H,8,13,16-17,19H2/t23-,24?,25?/m0/s1. The first-order valence-electron chi connectivity index (χ1n) is 10.5. The Morgan fingerprint density at radius 3 is 2.31 bits per heavy atom. The lowest BCUT2D eigenvalue weighted by Crippen LogP contribution is -2.39. The Morgan fingerprint density at radius 1 is 0.862 bits per heavy atom. The molecule has 2 N–H and O–H groups in total. The molecule has 0 aliphatic carbocycles. The number of hydrogen-bond donors (Lipinski definition) is 2. The lowest BCUT2D eigenvalue weighted by Gasteiger charge is -2.17. The summed E-state index contributed by atoms with van der Waals surface area (Å²) in [6.07, 6.45) is 7.19. The summed E-state index contributed by atoms with van der Waals surface area (Å²) in [7, 11) is 0. The molecular formula is C25H29N3O. The molecule has 3 aromatic rings. The molecule has 4 nitrogen and oxygen atoms in total. The van der Waals surface area contributed by atoms with Gasteiger partial charge < -0.3 is 10.1 Å². The maximum atomic E-state index is 5.99. The first-order valence-corrected chi connectivity index (χ1v) is 10.5. The van der Waals surface area contributed by atoms with Gasteiger partial charge in [0.1, 0.15) is 12.3 Å². The van der Waals surface area contributed by atoms with Gasteiger partial charge in [0.15, 0.2) is 0 Å². The molecule has 0 radical (unpaired) electrons. The van der Waals surface area contributed by atoms with Crippen molar-refractivity contribution in [3.63, 3.8) is 0 Å². The van der Waals surface area contributed by atoms with Crippen molar-refractivity contribution in [2.24, 2.45) is 0 Å². The maximum absolute atomic E-state index is 5.99. The summed E-state index contributed by atoms with van der Waals surface area (Å²) in [5.41, 5.74) is 3.92. The Labute approximate surface area is 173 Å². The predicted molar refractivity (Wildman–Crippen MR) is 116 cm³/mol. The lowest BCUT2D eigenvalue weighted by atomic mass is 10.0. The SMILES string of the molecule is c1ccc(CCCN[C@@H](Cc2ccccc2)C2OC2NCc2cccnc2)cc1. The molecule has 1 aromatic heterocycles. The molecule has 0 spiro atoms. The second-order valence-electron chi connectivity index (χ2n) is 7.60. The number of nitrogens with zero attached hydrogens (tertiary/aromatic N) is 1. The van der Waals surface area contributed by atoms with E-state index in [1.807, 2.05) is 12.3 Å². The number of epoxide rings is 1. The van der Waals surface area contributed by atoms with Crippen LogP contribution < -0.4 is 10.6 Å². The van der Waals surface area contributed by atoms with Gasteiger partial charge in [-0.2, -0.15) is 0 Å². The fourth-order valence-electron chi connectivity index (χ4n) is 3.71. The van der Waals surface area contributed by atoms with E-state index >= 15 is 0 Å². The van der Waals surface area contributed by atoms with Crippen molar-refractivity contribution in [2.45, 2.75) is 44.2 Å². The molecule has 0 saturated carbocycles. The molecule has 29 heavy (non-hydrogen) atoms. The zero-order valence-electron chi connectivity index (χ0n) is 16.7. The van der Waals surface area contributed by atoms with E-state index in [-0.39, 0.29) is 12.3 Å². The smallest absolute Gasteiger partial charge is 0.137 e. The molecule has 2 heterocycles. The Hall–Kier alpha value is -2.53. The minimum atomic E-state index is 0.102. The molecule has 2 aromatic carbocycles. The van der Waals surface area contributed by atoms with Crippen molar-refractivity contribution in [3.05, 3.63) is 102 Å². The van der Waals surface area contributed by atoms with Gasteiger partial charge in [0, 0.05) is 25.0 Å². The van der Waals surface area contributed by atoms with Gasteiger partial charge in [-0.1, -0.05) is 66.7 Å². The van der Waals surface area contributed by atoms with E-state index in [0.29, 0.717) is 6.04 Å². The molecule has 0 bridgehead atoms. The quantitative estimate of drug-likeness (QED) is 0.389. The summed E-state index contributed by atoms with van der Waals surface area (Å²) in [5.74, 6) is 0. The second kappa shape index (κ2) is 10.3. The molecule has 0 amide bonds. The van der Waals surface area contributed by atoms with E-state index in [0.717, 1.165) is 32.4 Å². The minimum Gasteiger partial charge on any atom is -0.352 e. The molecule has 1 aliphatic rings. The lowest BCUT2D eigenvalue weighted by molar-refractivity contribution is 0.311. The number of hydrogen-bond acceptors (Lipinski definition) is 4. The number of aromatic nitrogens is 1. The van der Waals surface area contributed by atoms with Crippen LogP contribution in [0.3, 0.4) is 0 Å². The third kappa shape index (κ3) is 6.23. The van der Waals surface area contributed by atoms with Crippen LogP contribution in [0, 0.1) is 0 Å². The predicted octanol–water partition coefficient (Wildman–Crippen LogP) is 3.73. The molecule has 4 rings (SSSR count). The van der Waals surface area contributed by atoms with Crippen LogP contribution in [0.1, 0.15) is 23.1 Å². The highest BCUT2D eigenvalue weighted by molar-refractivity contribution is 5.18.